The molecule has 0 heterocycles. The van der Waals surface area contributed by atoms with Crippen LogP contribution in [-0.4, -0.2) is 5.96 Å². The molecular formula is C14H16ClN3. The summed E-state index contributed by atoms with van der Waals surface area (Å²) in [6.45, 7) is 0. The Morgan fingerprint density at radius 3 is 1.94 bits per heavy atom. The second kappa shape index (κ2) is 6.67. The van der Waals surface area contributed by atoms with Crippen LogP contribution in [0.15, 0.2) is 59.6 Å². The smallest absolute Gasteiger partial charge is 0.191 e. The van der Waals surface area contributed by atoms with E-state index >= 15 is 0 Å². The van der Waals surface area contributed by atoms with Gasteiger partial charge in [-0.2, -0.15) is 0 Å². The largest absolute Gasteiger partial charge is 0.370 e. The van der Waals surface area contributed by atoms with Gasteiger partial charge in [-0.05, 0) is 29.7 Å². The highest BCUT2D eigenvalue weighted by Gasteiger charge is 1.96. The van der Waals surface area contributed by atoms with Gasteiger partial charge in [0.1, 0.15) is 0 Å². The standard InChI is InChI=1S/C14H15N3.ClH/c15-14(16)17-13-8-6-12(7-9-13)10-11-4-2-1-3-5-11;/h1-9H,10H2,(H4,15,16,17);1H. The van der Waals surface area contributed by atoms with Gasteiger partial charge in [0.2, 0.25) is 0 Å². The summed E-state index contributed by atoms with van der Waals surface area (Å²) in [4.78, 5) is 3.98. The minimum absolute atomic E-state index is 0. The van der Waals surface area contributed by atoms with Crippen molar-refractivity contribution in [3.05, 3.63) is 65.7 Å². The van der Waals surface area contributed by atoms with Crippen LogP contribution in [0.3, 0.4) is 0 Å². The molecule has 94 valence electrons. The lowest BCUT2D eigenvalue weighted by molar-refractivity contribution is 1.19. The van der Waals surface area contributed by atoms with Crippen LogP contribution in [0, 0.1) is 0 Å². The van der Waals surface area contributed by atoms with E-state index in [1.54, 1.807) is 0 Å². The summed E-state index contributed by atoms with van der Waals surface area (Å²) in [6, 6.07) is 18.2. The summed E-state index contributed by atoms with van der Waals surface area (Å²) in [7, 11) is 0. The van der Waals surface area contributed by atoms with Crippen molar-refractivity contribution in [2.45, 2.75) is 6.42 Å². The Morgan fingerprint density at radius 1 is 0.833 bits per heavy atom. The number of benzene rings is 2. The molecule has 0 amide bonds. The fraction of sp³-hybridized carbons (Fsp3) is 0.0714. The Hall–Kier alpha value is -2.00. The number of nitrogens with two attached hydrogens (primary N) is 2. The molecule has 2 aromatic rings. The third-order valence-corrected chi connectivity index (χ3v) is 2.45. The van der Waals surface area contributed by atoms with Gasteiger partial charge in [0.05, 0.1) is 5.69 Å². The summed E-state index contributed by atoms with van der Waals surface area (Å²) in [6.07, 6.45) is 0.920. The van der Waals surface area contributed by atoms with E-state index in [1.165, 1.54) is 11.1 Å². The van der Waals surface area contributed by atoms with Gasteiger partial charge in [0.15, 0.2) is 5.96 Å². The van der Waals surface area contributed by atoms with Crippen molar-refractivity contribution >= 4 is 24.1 Å². The molecule has 0 aliphatic rings. The Morgan fingerprint density at radius 2 is 1.39 bits per heavy atom. The molecule has 2 aromatic carbocycles. The molecular weight excluding hydrogens is 246 g/mol. The Kier molecular flexibility index (Phi) is 5.21. The zero-order chi connectivity index (χ0) is 12.1. The third kappa shape index (κ3) is 4.11. The molecule has 2 rings (SSSR count). The van der Waals surface area contributed by atoms with Gasteiger partial charge in [-0.15, -0.1) is 12.4 Å². The molecule has 0 fully saturated rings. The molecule has 4 N–H and O–H groups in total. The molecule has 0 aliphatic heterocycles. The number of hydrogen-bond acceptors (Lipinski definition) is 1. The molecule has 0 aromatic heterocycles. The molecule has 4 heteroatoms. The quantitative estimate of drug-likeness (QED) is 0.659. The normalized spacial score (nSPS) is 9.33. The first-order valence-corrected chi connectivity index (χ1v) is 5.46. The molecule has 0 saturated heterocycles. The van der Waals surface area contributed by atoms with E-state index in [0.29, 0.717) is 0 Å². The van der Waals surface area contributed by atoms with Crippen molar-refractivity contribution in [2.75, 3.05) is 0 Å². The van der Waals surface area contributed by atoms with E-state index in [2.05, 4.69) is 17.1 Å². The number of rotatable bonds is 3. The van der Waals surface area contributed by atoms with E-state index in [0.717, 1.165) is 12.1 Å². The Bertz CT molecular complexity index is 502. The topological polar surface area (TPSA) is 64.4 Å². The Labute approximate surface area is 113 Å². The van der Waals surface area contributed by atoms with E-state index in [9.17, 15) is 0 Å². The molecule has 18 heavy (non-hydrogen) atoms. The average Bonchev–Trinajstić information content (AvgIpc) is 2.32. The number of guanidine groups is 1. The van der Waals surface area contributed by atoms with Crippen molar-refractivity contribution in [2.24, 2.45) is 16.5 Å². The van der Waals surface area contributed by atoms with Gasteiger partial charge in [0, 0.05) is 0 Å². The molecule has 3 nitrogen and oxygen atoms in total. The first-order chi connectivity index (χ1) is 8.24. The monoisotopic (exact) mass is 261 g/mol. The Balaban J connectivity index is 0.00000162. The summed E-state index contributed by atoms with van der Waals surface area (Å²) in [5.41, 5.74) is 13.9. The predicted molar refractivity (Wildman–Crippen MR) is 78.4 cm³/mol. The summed E-state index contributed by atoms with van der Waals surface area (Å²) in [5, 5.41) is 0. The van der Waals surface area contributed by atoms with Gasteiger partial charge < -0.3 is 11.5 Å². The number of aliphatic imine (C=N–C) groups is 1. The maximum atomic E-state index is 5.31. The minimum atomic E-state index is 0. The fourth-order valence-corrected chi connectivity index (χ4v) is 1.67. The van der Waals surface area contributed by atoms with E-state index in [-0.39, 0.29) is 18.4 Å². The van der Waals surface area contributed by atoms with Crippen molar-refractivity contribution in [3.8, 4) is 0 Å². The van der Waals surface area contributed by atoms with Crippen LogP contribution in [0.1, 0.15) is 11.1 Å². The summed E-state index contributed by atoms with van der Waals surface area (Å²) in [5.74, 6) is 0.0841. The SMILES string of the molecule is Cl.NC(N)=Nc1ccc(Cc2ccccc2)cc1. The number of nitrogens with zero attached hydrogens (tertiary/aromatic N) is 1. The van der Waals surface area contributed by atoms with Gasteiger partial charge in [-0.25, -0.2) is 4.99 Å². The predicted octanol–water partition coefficient (Wildman–Crippen LogP) is 2.60. The van der Waals surface area contributed by atoms with Crippen molar-refractivity contribution in [3.63, 3.8) is 0 Å². The maximum absolute atomic E-state index is 5.31. The number of halogens is 1. The summed E-state index contributed by atoms with van der Waals surface area (Å²) < 4.78 is 0. The van der Waals surface area contributed by atoms with Gasteiger partial charge in [-0.1, -0.05) is 42.5 Å². The lowest BCUT2D eigenvalue weighted by Crippen LogP contribution is -2.21. The van der Waals surface area contributed by atoms with Crippen molar-refractivity contribution in [1.82, 2.24) is 0 Å². The highest BCUT2D eigenvalue weighted by Crippen LogP contribution is 2.15. The van der Waals surface area contributed by atoms with Gasteiger partial charge in [0.25, 0.3) is 0 Å². The molecule has 0 spiro atoms. The number of hydrogen-bond donors (Lipinski definition) is 2. The van der Waals surface area contributed by atoms with Crippen molar-refractivity contribution in [1.29, 1.82) is 0 Å². The molecule has 0 radical (unpaired) electrons. The van der Waals surface area contributed by atoms with Crippen LogP contribution in [0.2, 0.25) is 0 Å². The van der Waals surface area contributed by atoms with Crippen LogP contribution in [0.25, 0.3) is 0 Å². The molecule has 0 saturated carbocycles. The third-order valence-electron chi connectivity index (χ3n) is 2.45. The van der Waals surface area contributed by atoms with E-state index in [1.807, 2.05) is 42.5 Å². The highest BCUT2D eigenvalue weighted by molar-refractivity contribution is 5.85. The van der Waals surface area contributed by atoms with Crippen LogP contribution in [0.5, 0.6) is 0 Å². The zero-order valence-corrected chi connectivity index (χ0v) is 10.7. The lowest BCUT2D eigenvalue weighted by atomic mass is 10.1. The first-order valence-electron chi connectivity index (χ1n) is 5.46. The first kappa shape index (κ1) is 14.1. The van der Waals surface area contributed by atoms with Crippen LogP contribution in [-0.2, 0) is 6.42 Å². The summed E-state index contributed by atoms with van der Waals surface area (Å²) >= 11 is 0. The second-order valence-electron chi connectivity index (χ2n) is 3.87. The zero-order valence-electron chi connectivity index (χ0n) is 9.91. The molecule has 0 unspecified atom stereocenters. The van der Waals surface area contributed by atoms with Gasteiger partial charge >= 0.3 is 0 Å². The second-order valence-corrected chi connectivity index (χ2v) is 3.87. The van der Waals surface area contributed by atoms with Crippen LogP contribution >= 0.6 is 12.4 Å². The molecule has 0 bridgehead atoms. The average molecular weight is 262 g/mol. The highest BCUT2D eigenvalue weighted by atomic mass is 35.5. The van der Waals surface area contributed by atoms with Crippen molar-refractivity contribution < 1.29 is 0 Å². The van der Waals surface area contributed by atoms with Gasteiger partial charge in [-0.3, -0.25) is 0 Å². The van der Waals surface area contributed by atoms with E-state index < -0.39 is 0 Å². The molecule has 0 atom stereocenters. The minimum Gasteiger partial charge on any atom is -0.370 e. The molecule has 0 aliphatic carbocycles. The lowest BCUT2D eigenvalue weighted by Gasteiger charge is -2.02. The fourth-order valence-electron chi connectivity index (χ4n) is 1.67. The van der Waals surface area contributed by atoms with E-state index in [4.69, 9.17) is 11.5 Å². The van der Waals surface area contributed by atoms with Crippen LogP contribution in [0.4, 0.5) is 5.69 Å². The maximum Gasteiger partial charge on any atom is 0.191 e. The van der Waals surface area contributed by atoms with Crippen LogP contribution < -0.4 is 11.5 Å².